The third kappa shape index (κ3) is 4.82. The number of nitro groups is 1. The molecule has 0 aliphatic heterocycles. The molecule has 8 heteroatoms. The normalized spacial score (nSPS) is 12.0. The average molecular weight is 345 g/mol. The van der Waals surface area contributed by atoms with Gasteiger partial charge in [0.25, 0.3) is 11.6 Å². The van der Waals surface area contributed by atoms with E-state index in [0.717, 1.165) is 4.90 Å². The minimum Gasteiger partial charge on any atom is -0.507 e. The average Bonchev–Trinajstić information content (AvgIpc) is 2.57. The van der Waals surface area contributed by atoms with Crippen LogP contribution in [0.25, 0.3) is 0 Å². The van der Waals surface area contributed by atoms with Crippen molar-refractivity contribution in [2.45, 2.75) is 17.1 Å². The van der Waals surface area contributed by atoms with E-state index >= 15 is 0 Å². The number of hydrazone groups is 1. The smallest absolute Gasteiger partial charge is 0.270 e. The molecule has 2 aromatic rings. The Morgan fingerprint density at radius 2 is 2.04 bits per heavy atom. The summed E-state index contributed by atoms with van der Waals surface area (Å²) >= 11 is 1.38. The van der Waals surface area contributed by atoms with Crippen molar-refractivity contribution in [2.75, 3.05) is 0 Å². The molecule has 2 N–H and O–H groups in total. The summed E-state index contributed by atoms with van der Waals surface area (Å²) in [4.78, 5) is 23.1. The highest BCUT2D eigenvalue weighted by Crippen LogP contribution is 2.23. The maximum absolute atomic E-state index is 12.0. The first kappa shape index (κ1) is 17.5. The van der Waals surface area contributed by atoms with Crippen molar-refractivity contribution in [3.8, 4) is 5.75 Å². The number of non-ortho nitro benzene ring substituents is 1. The molecule has 0 radical (unpaired) electrons. The molecule has 0 bridgehead atoms. The zero-order valence-electron chi connectivity index (χ0n) is 12.7. The Kier molecular flexibility index (Phi) is 5.91. The second-order valence-corrected chi connectivity index (χ2v) is 6.22. The first-order valence-corrected chi connectivity index (χ1v) is 7.87. The monoisotopic (exact) mass is 345 g/mol. The molecule has 0 aliphatic carbocycles. The van der Waals surface area contributed by atoms with Gasteiger partial charge in [-0.2, -0.15) is 5.10 Å². The van der Waals surface area contributed by atoms with Gasteiger partial charge in [-0.3, -0.25) is 14.9 Å². The van der Waals surface area contributed by atoms with Crippen molar-refractivity contribution in [1.82, 2.24) is 5.43 Å². The Labute approximate surface area is 142 Å². The molecule has 2 aromatic carbocycles. The number of hydrogen-bond acceptors (Lipinski definition) is 6. The number of nitro benzene ring substituents is 1. The number of carbonyl (C=O) groups is 1. The van der Waals surface area contributed by atoms with Crippen LogP contribution < -0.4 is 5.43 Å². The van der Waals surface area contributed by atoms with Crippen LogP contribution in [0.1, 0.15) is 12.5 Å². The highest BCUT2D eigenvalue weighted by Gasteiger charge is 2.13. The number of aromatic hydroxyl groups is 1. The van der Waals surface area contributed by atoms with Crippen LogP contribution in [-0.2, 0) is 4.79 Å². The van der Waals surface area contributed by atoms with Crippen LogP contribution in [0.4, 0.5) is 5.69 Å². The summed E-state index contributed by atoms with van der Waals surface area (Å²) in [5.41, 5.74) is 2.33. The number of nitrogens with one attached hydrogen (secondary N) is 1. The largest absolute Gasteiger partial charge is 0.507 e. The van der Waals surface area contributed by atoms with Gasteiger partial charge >= 0.3 is 0 Å². The number of thioether (sulfide) groups is 1. The van der Waals surface area contributed by atoms with E-state index in [-0.39, 0.29) is 28.2 Å². The summed E-state index contributed by atoms with van der Waals surface area (Å²) in [7, 11) is 0. The molecule has 7 nitrogen and oxygen atoms in total. The van der Waals surface area contributed by atoms with E-state index < -0.39 is 4.92 Å². The van der Waals surface area contributed by atoms with E-state index in [1.807, 2.05) is 30.3 Å². The topological polar surface area (TPSA) is 105 Å². The van der Waals surface area contributed by atoms with Gasteiger partial charge in [-0.15, -0.1) is 11.8 Å². The minimum atomic E-state index is -0.575. The van der Waals surface area contributed by atoms with Gasteiger partial charge in [-0.1, -0.05) is 18.2 Å². The number of carbonyl (C=O) groups excluding carboxylic acids is 1. The Morgan fingerprint density at radius 1 is 1.33 bits per heavy atom. The maximum atomic E-state index is 12.0. The van der Waals surface area contributed by atoms with Gasteiger partial charge in [0.1, 0.15) is 5.75 Å². The maximum Gasteiger partial charge on any atom is 0.270 e. The highest BCUT2D eigenvalue weighted by molar-refractivity contribution is 8.00. The van der Waals surface area contributed by atoms with Gasteiger partial charge in [-0.25, -0.2) is 5.43 Å². The molecule has 0 heterocycles. The van der Waals surface area contributed by atoms with Gasteiger partial charge < -0.3 is 5.11 Å². The zero-order valence-corrected chi connectivity index (χ0v) is 13.6. The van der Waals surface area contributed by atoms with Crippen molar-refractivity contribution in [2.24, 2.45) is 5.10 Å². The van der Waals surface area contributed by atoms with E-state index in [1.54, 1.807) is 6.92 Å². The molecule has 2 rings (SSSR count). The minimum absolute atomic E-state index is 0.146. The number of amides is 1. The van der Waals surface area contributed by atoms with Crippen molar-refractivity contribution in [3.05, 3.63) is 64.2 Å². The molecule has 0 saturated carbocycles. The molecule has 0 fully saturated rings. The molecule has 1 amide bonds. The number of nitrogens with zero attached hydrogens (tertiary/aromatic N) is 2. The van der Waals surface area contributed by atoms with E-state index in [4.69, 9.17) is 0 Å². The van der Waals surface area contributed by atoms with E-state index in [1.165, 1.54) is 36.2 Å². The number of rotatable bonds is 6. The fourth-order valence-corrected chi connectivity index (χ4v) is 2.65. The van der Waals surface area contributed by atoms with Crippen LogP contribution in [0, 0.1) is 10.1 Å². The molecule has 124 valence electrons. The Balaban J connectivity index is 1.97. The third-order valence-corrected chi connectivity index (χ3v) is 4.14. The fraction of sp³-hybridized carbons (Fsp3) is 0.125. The quantitative estimate of drug-likeness (QED) is 0.362. The lowest BCUT2D eigenvalue weighted by atomic mass is 10.2. The van der Waals surface area contributed by atoms with Crippen molar-refractivity contribution in [1.29, 1.82) is 0 Å². The molecule has 0 aromatic heterocycles. The molecule has 0 aliphatic rings. The Bertz CT molecular complexity index is 765. The Morgan fingerprint density at radius 3 is 2.71 bits per heavy atom. The lowest BCUT2D eigenvalue weighted by molar-refractivity contribution is -0.384. The summed E-state index contributed by atoms with van der Waals surface area (Å²) < 4.78 is 0. The Hall–Kier alpha value is -2.87. The number of benzene rings is 2. The molecular weight excluding hydrogens is 330 g/mol. The molecule has 0 spiro atoms. The van der Waals surface area contributed by atoms with Gasteiger partial charge in [0.05, 0.1) is 16.4 Å². The highest BCUT2D eigenvalue weighted by atomic mass is 32.2. The van der Waals surface area contributed by atoms with Crippen LogP contribution in [0.2, 0.25) is 0 Å². The second-order valence-electron chi connectivity index (χ2n) is 4.81. The first-order valence-electron chi connectivity index (χ1n) is 6.99. The number of phenolic OH excluding ortho intramolecular Hbond substituents is 1. The van der Waals surface area contributed by atoms with E-state index in [0.29, 0.717) is 0 Å². The van der Waals surface area contributed by atoms with Crippen LogP contribution >= 0.6 is 11.8 Å². The van der Waals surface area contributed by atoms with Crippen molar-refractivity contribution < 1.29 is 14.8 Å². The predicted octanol–water partition coefficient (Wildman–Crippen LogP) is 2.93. The predicted molar refractivity (Wildman–Crippen MR) is 92.3 cm³/mol. The molecular formula is C16H15N3O4S. The van der Waals surface area contributed by atoms with Gasteiger partial charge in [0, 0.05) is 22.6 Å². The first-order chi connectivity index (χ1) is 11.5. The summed E-state index contributed by atoms with van der Waals surface area (Å²) in [6.45, 7) is 1.74. The zero-order chi connectivity index (χ0) is 17.5. The van der Waals surface area contributed by atoms with Crippen LogP contribution in [0.5, 0.6) is 5.75 Å². The fourth-order valence-electron chi connectivity index (χ4n) is 1.77. The lowest BCUT2D eigenvalue weighted by Crippen LogP contribution is -2.26. The van der Waals surface area contributed by atoms with Crippen molar-refractivity contribution >= 4 is 29.6 Å². The van der Waals surface area contributed by atoms with E-state index in [2.05, 4.69) is 10.5 Å². The molecule has 0 saturated heterocycles. The van der Waals surface area contributed by atoms with Gasteiger partial charge in [0.15, 0.2) is 0 Å². The van der Waals surface area contributed by atoms with E-state index in [9.17, 15) is 20.0 Å². The second kappa shape index (κ2) is 8.11. The summed E-state index contributed by atoms with van der Waals surface area (Å²) in [5, 5.41) is 23.7. The van der Waals surface area contributed by atoms with Crippen molar-refractivity contribution in [3.63, 3.8) is 0 Å². The SMILES string of the molecule is C[C@@H](Sc1ccccc1)C(=O)N/N=C\c1cc([N+](=O)[O-])ccc1O. The third-order valence-electron chi connectivity index (χ3n) is 3.03. The molecule has 24 heavy (non-hydrogen) atoms. The summed E-state index contributed by atoms with van der Waals surface area (Å²) in [5.74, 6) is -0.477. The lowest BCUT2D eigenvalue weighted by Gasteiger charge is -2.09. The summed E-state index contributed by atoms with van der Waals surface area (Å²) in [6.07, 6.45) is 1.17. The molecule has 1 atom stereocenters. The number of hydrogen-bond donors (Lipinski definition) is 2. The van der Waals surface area contributed by atoms with Crippen LogP contribution in [0.15, 0.2) is 58.5 Å². The molecule has 0 unspecified atom stereocenters. The standard InChI is InChI=1S/C16H15N3O4S/c1-11(24-14-5-3-2-4-6-14)16(21)18-17-10-12-9-13(19(22)23)7-8-15(12)20/h2-11,20H,1H3,(H,18,21)/b17-10-/t11-/m1/s1. The van der Waals surface area contributed by atoms with Gasteiger partial charge in [-0.05, 0) is 25.1 Å². The number of phenols is 1. The van der Waals surface area contributed by atoms with Crippen LogP contribution in [-0.4, -0.2) is 27.4 Å². The van der Waals surface area contributed by atoms with Crippen LogP contribution in [0.3, 0.4) is 0 Å². The summed E-state index contributed by atoms with van der Waals surface area (Å²) in [6, 6.07) is 13.0. The van der Waals surface area contributed by atoms with Gasteiger partial charge in [0.2, 0.25) is 0 Å².